The van der Waals surface area contributed by atoms with Gasteiger partial charge >= 0.3 is 0 Å². The van der Waals surface area contributed by atoms with Gasteiger partial charge in [-0.25, -0.2) is 4.90 Å². The van der Waals surface area contributed by atoms with Crippen molar-refractivity contribution >= 4 is 50.4 Å². The normalized spacial score (nSPS) is 25.0. The van der Waals surface area contributed by atoms with E-state index in [1.54, 1.807) is 6.07 Å². The van der Waals surface area contributed by atoms with Gasteiger partial charge in [0.2, 0.25) is 11.8 Å². The van der Waals surface area contributed by atoms with Crippen molar-refractivity contribution in [1.29, 1.82) is 0 Å². The number of fused-ring (bicyclic) bond motifs is 5. The predicted molar refractivity (Wildman–Crippen MR) is 184 cm³/mol. The Labute approximate surface area is 276 Å². The van der Waals surface area contributed by atoms with Crippen LogP contribution in [0.25, 0.3) is 11.1 Å². The van der Waals surface area contributed by atoms with Crippen LogP contribution < -0.4 is 4.90 Å². The Morgan fingerprint density at radius 3 is 1.33 bits per heavy atom. The zero-order chi connectivity index (χ0) is 31.8. The fourth-order valence-electron chi connectivity index (χ4n) is 8.44. The molecule has 46 heavy (non-hydrogen) atoms. The average Bonchev–Trinajstić information content (AvgIpc) is 3.59. The Hall–Kier alpha value is -4.87. The highest BCUT2D eigenvalue weighted by atomic mass is 79.9. The highest BCUT2D eigenvalue weighted by molar-refractivity contribution is 9.10. The molecule has 4 nitrogen and oxygen atoms in total. The van der Waals surface area contributed by atoms with Crippen LogP contribution in [-0.4, -0.2) is 17.6 Å². The quantitative estimate of drug-likeness (QED) is 0.178. The Morgan fingerprint density at radius 1 is 0.522 bits per heavy atom. The molecule has 1 aliphatic heterocycles. The lowest BCUT2D eigenvalue weighted by Crippen LogP contribution is -2.45. The minimum absolute atomic E-state index is 0.118. The maximum Gasteiger partial charge on any atom is 0.239 e. The fraction of sp³-hybridized carbons (Fsp3) is 0.146. The summed E-state index contributed by atoms with van der Waals surface area (Å²) in [6.45, 7) is 4.07. The highest BCUT2D eigenvalue weighted by Crippen LogP contribution is 2.74. The van der Waals surface area contributed by atoms with Gasteiger partial charge in [0, 0.05) is 4.47 Å². The molecular weight excluding hydrogens is 634 g/mol. The molecule has 0 spiro atoms. The molecule has 1 saturated heterocycles. The van der Waals surface area contributed by atoms with Gasteiger partial charge in [0.15, 0.2) is 5.78 Å². The smallest absolute Gasteiger partial charge is 0.239 e. The van der Waals surface area contributed by atoms with Crippen LogP contribution in [0.2, 0.25) is 0 Å². The number of nitrogens with zero attached hydrogens (tertiary/aromatic N) is 1. The first-order chi connectivity index (χ1) is 22.3. The number of hydrogen-bond acceptors (Lipinski definition) is 3. The van der Waals surface area contributed by atoms with E-state index < -0.39 is 22.7 Å². The zero-order valence-electron chi connectivity index (χ0n) is 25.4. The number of anilines is 1. The number of hydrogen-bond donors (Lipinski definition) is 0. The molecule has 0 radical (unpaired) electrons. The second-order valence-corrected chi connectivity index (χ2v) is 13.4. The number of imide groups is 1. The minimum atomic E-state index is -1.42. The van der Waals surface area contributed by atoms with Gasteiger partial charge in [0.1, 0.15) is 0 Å². The fourth-order valence-corrected chi connectivity index (χ4v) is 8.90. The van der Waals surface area contributed by atoms with Crippen LogP contribution in [0.1, 0.15) is 33.4 Å². The topological polar surface area (TPSA) is 54.5 Å². The zero-order valence-corrected chi connectivity index (χ0v) is 27.0. The Balaban J connectivity index is 1.57. The lowest BCUT2D eigenvalue weighted by molar-refractivity contribution is -0.130. The SMILES string of the molecule is Cc1ccc(C2=C(c3ccc(C)cc3)[C@@]3(c4ccccc4)C(=O)[C@@]2(c2ccccc2)[C@@H]2C(=O)N(c4ccccc4Br)C(=O)[C@H]23)cc1. The molecule has 2 bridgehead atoms. The number of allylic oxidation sites excluding steroid dienone is 2. The number of para-hydroxylation sites is 1. The predicted octanol–water partition coefficient (Wildman–Crippen LogP) is 8.25. The van der Waals surface area contributed by atoms with Crippen LogP contribution in [0.4, 0.5) is 5.69 Å². The molecule has 1 saturated carbocycles. The van der Waals surface area contributed by atoms with E-state index in [2.05, 4.69) is 40.2 Å². The monoisotopic (exact) mass is 663 g/mol. The van der Waals surface area contributed by atoms with E-state index in [-0.39, 0.29) is 17.6 Å². The van der Waals surface area contributed by atoms with Crippen LogP contribution in [0, 0.1) is 25.7 Å². The summed E-state index contributed by atoms with van der Waals surface area (Å²) >= 11 is 3.60. The van der Waals surface area contributed by atoms with Crippen molar-refractivity contribution in [2.24, 2.45) is 11.8 Å². The summed E-state index contributed by atoms with van der Waals surface area (Å²) in [4.78, 5) is 47.4. The number of aryl methyl sites for hydroxylation is 2. The van der Waals surface area contributed by atoms with Crippen molar-refractivity contribution in [2.75, 3.05) is 4.90 Å². The Bertz CT molecular complexity index is 1960. The van der Waals surface area contributed by atoms with Gasteiger partial charge in [-0.1, -0.05) is 132 Å². The van der Waals surface area contributed by atoms with E-state index in [1.165, 1.54) is 4.90 Å². The molecular formula is C41H30BrNO3. The minimum Gasteiger partial charge on any atom is -0.297 e. The lowest BCUT2D eigenvalue weighted by atomic mass is 9.59. The maximum atomic E-state index is 16.0. The third kappa shape index (κ3) is 3.58. The number of halogens is 1. The van der Waals surface area contributed by atoms with E-state index in [0.717, 1.165) is 44.5 Å². The van der Waals surface area contributed by atoms with E-state index in [0.29, 0.717) is 10.2 Å². The van der Waals surface area contributed by atoms with E-state index >= 15 is 14.4 Å². The van der Waals surface area contributed by atoms with Gasteiger partial charge < -0.3 is 0 Å². The van der Waals surface area contributed by atoms with Gasteiger partial charge in [-0.05, 0) is 75.3 Å². The molecule has 5 aromatic carbocycles. The van der Waals surface area contributed by atoms with E-state index in [1.807, 2.05) is 117 Å². The Kier molecular flexibility index (Phi) is 6.42. The largest absolute Gasteiger partial charge is 0.297 e. The van der Waals surface area contributed by atoms with Crippen LogP contribution in [0.5, 0.6) is 0 Å². The van der Waals surface area contributed by atoms with E-state index in [4.69, 9.17) is 0 Å². The molecule has 2 aliphatic carbocycles. The maximum absolute atomic E-state index is 16.0. The molecule has 3 aliphatic rings. The first kappa shape index (κ1) is 28.6. The number of Topliss-reactive ketones (excluding diaryl/α,β-unsaturated/α-hetero) is 1. The molecule has 5 aromatic rings. The number of amides is 2. The molecule has 0 aromatic heterocycles. The van der Waals surface area contributed by atoms with Gasteiger partial charge in [-0.15, -0.1) is 0 Å². The number of carbonyl (C=O) groups is 3. The van der Waals surface area contributed by atoms with Crippen molar-refractivity contribution in [3.63, 3.8) is 0 Å². The summed E-state index contributed by atoms with van der Waals surface area (Å²) in [5.41, 5.74) is 4.61. The van der Waals surface area contributed by atoms with Crippen molar-refractivity contribution in [3.8, 4) is 0 Å². The lowest BCUT2D eigenvalue weighted by Gasteiger charge is -2.39. The van der Waals surface area contributed by atoms with Gasteiger partial charge in [-0.2, -0.15) is 0 Å². The summed E-state index contributed by atoms with van der Waals surface area (Å²) in [6.07, 6.45) is 0. The number of carbonyl (C=O) groups excluding carboxylic acids is 3. The van der Waals surface area contributed by atoms with Crippen LogP contribution >= 0.6 is 15.9 Å². The third-order valence-electron chi connectivity index (χ3n) is 10.2. The van der Waals surface area contributed by atoms with Crippen LogP contribution in [-0.2, 0) is 25.2 Å². The molecule has 224 valence electrons. The summed E-state index contributed by atoms with van der Waals surface area (Å²) in [7, 11) is 0. The van der Waals surface area contributed by atoms with Crippen LogP contribution in [0.15, 0.2) is 138 Å². The van der Waals surface area contributed by atoms with Crippen molar-refractivity contribution < 1.29 is 14.4 Å². The van der Waals surface area contributed by atoms with Crippen molar-refractivity contribution in [3.05, 3.63) is 171 Å². The summed E-state index contributed by atoms with van der Waals surface area (Å²) in [6, 6.07) is 43.0. The Morgan fingerprint density at radius 2 is 0.913 bits per heavy atom. The number of rotatable bonds is 5. The molecule has 5 heteroatoms. The van der Waals surface area contributed by atoms with Gasteiger partial charge in [0.25, 0.3) is 0 Å². The first-order valence-corrected chi connectivity index (χ1v) is 16.3. The first-order valence-electron chi connectivity index (χ1n) is 15.5. The second-order valence-electron chi connectivity index (χ2n) is 12.6. The summed E-state index contributed by atoms with van der Waals surface area (Å²) in [5.74, 6) is -2.73. The molecule has 4 atom stereocenters. The highest BCUT2D eigenvalue weighted by Gasteiger charge is 2.82. The number of ketones is 1. The summed E-state index contributed by atoms with van der Waals surface area (Å²) in [5, 5.41) is 0. The average molecular weight is 665 g/mol. The van der Waals surface area contributed by atoms with Crippen LogP contribution in [0.3, 0.4) is 0 Å². The molecule has 2 fully saturated rings. The van der Waals surface area contributed by atoms with Gasteiger partial charge in [0.05, 0.1) is 28.4 Å². The third-order valence-corrected chi connectivity index (χ3v) is 10.9. The molecule has 0 unspecified atom stereocenters. The van der Waals surface area contributed by atoms with Crippen molar-refractivity contribution in [1.82, 2.24) is 0 Å². The molecule has 0 N–H and O–H groups in total. The van der Waals surface area contributed by atoms with Crippen molar-refractivity contribution in [2.45, 2.75) is 24.7 Å². The summed E-state index contributed by atoms with van der Waals surface area (Å²) < 4.78 is 0.642. The van der Waals surface area contributed by atoms with E-state index in [9.17, 15) is 0 Å². The molecule has 1 heterocycles. The molecule has 8 rings (SSSR count). The van der Waals surface area contributed by atoms with Gasteiger partial charge in [-0.3, -0.25) is 14.4 Å². The number of benzene rings is 5. The second kappa shape index (κ2) is 10.3. The standard InChI is InChI=1S/C41H30BrNO3/c1-25-17-21-27(22-18-25)33-34(28-23-19-26(2)20-24-28)41(30-13-7-4-8-14-30)36-35(40(33,39(41)46)29-11-5-3-6-12-29)37(44)43(38(36)45)32-16-10-9-15-31(32)42/h3-24,35-36H,1-2H3/t35-,36-,40+,41+/m0/s1. The molecule has 2 amide bonds.